The van der Waals surface area contributed by atoms with Gasteiger partial charge in [0.15, 0.2) is 9.84 Å². The Kier molecular flexibility index (Phi) is 7.44. The first-order valence-electron chi connectivity index (χ1n) is 10.1. The van der Waals surface area contributed by atoms with Crippen molar-refractivity contribution in [2.75, 3.05) is 6.26 Å². The molecule has 0 bridgehead atoms. The summed E-state index contributed by atoms with van der Waals surface area (Å²) in [6, 6.07) is 15.4. The fourth-order valence-corrected chi connectivity index (χ4v) is 4.69. The number of hydrogen-bond acceptors (Lipinski definition) is 5. The Bertz CT molecular complexity index is 1310. The van der Waals surface area contributed by atoms with Gasteiger partial charge in [0, 0.05) is 6.26 Å². The van der Waals surface area contributed by atoms with Crippen LogP contribution in [0.2, 0.25) is 0 Å². The Morgan fingerprint density at radius 2 is 1.82 bits per heavy atom. The van der Waals surface area contributed by atoms with Crippen LogP contribution >= 0.6 is 11.3 Å². The Hall–Kier alpha value is -2.91. The monoisotopic (exact) mass is 492 g/mol. The van der Waals surface area contributed by atoms with E-state index < -0.39 is 21.7 Å². The quantitative estimate of drug-likeness (QED) is 0.394. The smallest absolute Gasteiger partial charge is 0.395 e. The van der Waals surface area contributed by atoms with Crippen LogP contribution in [0.15, 0.2) is 81.6 Å². The van der Waals surface area contributed by atoms with Gasteiger partial charge in [-0.05, 0) is 58.8 Å². The molecule has 2 N–H and O–H groups in total. The van der Waals surface area contributed by atoms with Gasteiger partial charge in [-0.25, -0.2) is 13.4 Å². The molecule has 4 nitrogen and oxygen atoms in total. The molecule has 174 valence electrons. The van der Waals surface area contributed by atoms with Crippen molar-refractivity contribution >= 4 is 32.6 Å². The minimum atomic E-state index is -4.69. The van der Waals surface area contributed by atoms with Gasteiger partial charge >= 0.3 is 6.18 Å². The highest BCUT2D eigenvalue weighted by atomic mass is 32.2. The van der Waals surface area contributed by atoms with E-state index in [9.17, 15) is 21.6 Å². The first kappa shape index (κ1) is 24.7. The summed E-state index contributed by atoms with van der Waals surface area (Å²) in [4.78, 5) is 5.18. The van der Waals surface area contributed by atoms with Crippen molar-refractivity contribution in [2.24, 2.45) is 10.7 Å². The fourth-order valence-electron chi connectivity index (χ4n) is 3.15. The lowest BCUT2D eigenvalue weighted by Gasteiger charge is -2.09. The van der Waals surface area contributed by atoms with E-state index in [1.165, 1.54) is 23.5 Å². The molecule has 0 atom stereocenters. The summed E-state index contributed by atoms with van der Waals surface area (Å²) in [7, 11) is -3.40. The van der Waals surface area contributed by atoms with Gasteiger partial charge in [-0.2, -0.15) is 13.2 Å². The molecule has 0 spiro atoms. The average molecular weight is 493 g/mol. The molecule has 3 rings (SSSR count). The molecule has 1 aromatic heterocycles. The molecule has 33 heavy (non-hydrogen) atoms. The number of aryl methyl sites for hydroxylation is 1. The van der Waals surface area contributed by atoms with Crippen LogP contribution in [0, 0.1) is 0 Å². The number of rotatable bonds is 7. The first-order valence-corrected chi connectivity index (χ1v) is 12.9. The Balaban J connectivity index is 2.11. The summed E-state index contributed by atoms with van der Waals surface area (Å²) in [5.74, 6) is 0. The summed E-state index contributed by atoms with van der Waals surface area (Å²) in [6.07, 6.45) is -1.13. The molecular weight excluding hydrogens is 469 g/mol. The highest BCUT2D eigenvalue weighted by molar-refractivity contribution is 7.90. The molecule has 0 fully saturated rings. The SMILES string of the molecule is CCCc1ccccc1N=C(C=C(N)C(F)(F)F)c1cc(-c2cccc(S(C)(=O)=O)c2)cs1. The average Bonchev–Trinajstić information content (AvgIpc) is 3.24. The summed E-state index contributed by atoms with van der Waals surface area (Å²) in [5.41, 5.74) is 6.97. The zero-order valence-electron chi connectivity index (χ0n) is 18.1. The van der Waals surface area contributed by atoms with Crippen LogP contribution < -0.4 is 5.73 Å². The van der Waals surface area contributed by atoms with Crippen LogP contribution in [-0.4, -0.2) is 26.6 Å². The number of benzene rings is 2. The van der Waals surface area contributed by atoms with E-state index in [1.807, 2.05) is 19.1 Å². The van der Waals surface area contributed by atoms with E-state index in [0.29, 0.717) is 21.7 Å². The summed E-state index contributed by atoms with van der Waals surface area (Å²) in [5, 5.41) is 1.75. The van der Waals surface area contributed by atoms with Gasteiger partial charge in [-0.15, -0.1) is 11.3 Å². The lowest BCUT2D eigenvalue weighted by molar-refractivity contribution is -0.0925. The first-order chi connectivity index (χ1) is 15.5. The molecule has 0 saturated carbocycles. The summed E-state index contributed by atoms with van der Waals surface area (Å²) in [6.45, 7) is 2.01. The van der Waals surface area contributed by atoms with Gasteiger partial charge in [-0.3, -0.25) is 0 Å². The molecule has 0 aliphatic rings. The number of para-hydroxylation sites is 1. The topological polar surface area (TPSA) is 72.5 Å². The van der Waals surface area contributed by atoms with E-state index in [4.69, 9.17) is 5.73 Å². The van der Waals surface area contributed by atoms with Crippen molar-refractivity contribution < 1.29 is 21.6 Å². The van der Waals surface area contributed by atoms with E-state index in [2.05, 4.69) is 4.99 Å². The minimum absolute atomic E-state index is 0.0869. The van der Waals surface area contributed by atoms with Gasteiger partial charge in [-0.1, -0.05) is 43.7 Å². The maximum Gasteiger partial charge on any atom is 0.430 e. The predicted octanol–water partition coefficient (Wildman–Crippen LogP) is 6.30. The van der Waals surface area contributed by atoms with Gasteiger partial charge < -0.3 is 5.73 Å². The van der Waals surface area contributed by atoms with Gasteiger partial charge in [0.1, 0.15) is 5.70 Å². The number of allylic oxidation sites excluding steroid dienone is 2. The van der Waals surface area contributed by atoms with Gasteiger partial charge in [0.25, 0.3) is 0 Å². The van der Waals surface area contributed by atoms with Crippen molar-refractivity contribution in [3.8, 4) is 11.1 Å². The standard InChI is InChI=1S/C24H23F3N2O2S2/c1-3-7-16-8-4-5-11-20(16)29-21(14-23(28)24(25,26)27)22-13-18(15-32-22)17-9-6-10-19(12-17)33(2,30)31/h4-6,8-15H,3,7,28H2,1-2H3. The van der Waals surface area contributed by atoms with E-state index in [0.717, 1.165) is 30.7 Å². The zero-order chi connectivity index (χ0) is 24.2. The van der Waals surface area contributed by atoms with Crippen LogP contribution in [0.4, 0.5) is 18.9 Å². The molecule has 1 heterocycles. The van der Waals surface area contributed by atoms with E-state index in [-0.39, 0.29) is 10.6 Å². The normalized spacial score (nSPS) is 13.4. The van der Waals surface area contributed by atoms with Crippen LogP contribution in [0.3, 0.4) is 0 Å². The molecule has 0 amide bonds. The minimum Gasteiger partial charge on any atom is -0.395 e. The summed E-state index contributed by atoms with van der Waals surface area (Å²) < 4.78 is 63.3. The number of nitrogens with two attached hydrogens (primary N) is 1. The van der Waals surface area contributed by atoms with Gasteiger partial charge in [0.05, 0.1) is 21.2 Å². The Morgan fingerprint density at radius 1 is 1.09 bits per heavy atom. The Morgan fingerprint density at radius 3 is 2.48 bits per heavy atom. The Labute approximate surface area is 195 Å². The van der Waals surface area contributed by atoms with Crippen molar-refractivity contribution in [3.63, 3.8) is 0 Å². The van der Waals surface area contributed by atoms with Crippen molar-refractivity contribution in [1.82, 2.24) is 0 Å². The number of nitrogens with zero attached hydrogens (tertiary/aromatic N) is 1. The second kappa shape index (κ2) is 9.93. The van der Waals surface area contributed by atoms with Crippen molar-refractivity contribution in [1.29, 1.82) is 0 Å². The molecular formula is C24H23F3N2O2S2. The van der Waals surface area contributed by atoms with Crippen LogP contribution in [0.1, 0.15) is 23.8 Å². The highest BCUT2D eigenvalue weighted by Gasteiger charge is 2.32. The molecule has 2 aromatic carbocycles. The second-order valence-electron chi connectivity index (χ2n) is 7.47. The molecule has 0 radical (unpaired) electrons. The van der Waals surface area contributed by atoms with Crippen molar-refractivity contribution in [2.45, 2.75) is 30.8 Å². The highest BCUT2D eigenvalue weighted by Crippen LogP contribution is 2.31. The fraction of sp³-hybridized carbons (Fsp3) is 0.208. The number of alkyl halides is 3. The molecule has 9 heteroatoms. The molecule has 0 aliphatic heterocycles. The maximum absolute atomic E-state index is 13.2. The van der Waals surface area contributed by atoms with E-state index in [1.54, 1.807) is 35.7 Å². The predicted molar refractivity (Wildman–Crippen MR) is 128 cm³/mol. The lowest BCUT2D eigenvalue weighted by atomic mass is 10.1. The third-order valence-corrected chi connectivity index (χ3v) is 6.88. The number of halogens is 3. The van der Waals surface area contributed by atoms with Gasteiger partial charge in [0.2, 0.25) is 0 Å². The number of sulfone groups is 1. The molecule has 0 unspecified atom stereocenters. The number of thiophene rings is 1. The zero-order valence-corrected chi connectivity index (χ0v) is 19.7. The number of hydrogen-bond donors (Lipinski definition) is 1. The number of aliphatic imine (C=N–C) groups is 1. The second-order valence-corrected chi connectivity index (χ2v) is 10.4. The van der Waals surface area contributed by atoms with Crippen LogP contribution in [0.25, 0.3) is 11.1 Å². The summed E-state index contributed by atoms with van der Waals surface area (Å²) >= 11 is 1.21. The third-order valence-electron chi connectivity index (χ3n) is 4.82. The third kappa shape index (κ3) is 6.33. The van der Waals surface area contributed by atoms with Crippen molar-refractivity contribution in [3.05, 3.63) is 82.2 Å². The molecule has 3 aromatic rings. The largest absolute Gasteiger partial charge is 0.430 e. The molecule has 0 aliphatic carbocycles. The van der Waals surface area contributed by atoms with Crippen LogP contribution in [0.5, 0.6) is 0 Å². The van der Waals surface area contributed by atoms with E-state index >= 15 is 0 Å². The maximum atomic E-state index is 13.2. The lowest BCUT2D eigenvalue weighted by Crippen LogP contribution is -2.20. The van der Waals surface area contributed by atoms with Crippen LogP contribution in [-0.2, 0) is 16.3 Å². The molecule has 0 saturated heterocycles.